The molecular formula is C9H13IO2Si. The van der Waals surface area contributed by atoms with Crippen LogP contribution in [0, 0.1) is 3.57 Å². The highest BCUT2D eigenvalue weighted by atomic mass is 127. The maximum absolute atomic E-state index is 5.43. The quantitative estimate of drug-likeness (QED) is 0.627. The Hall–Kier alpha value is 0.0869. The van der Waals surface area contributed by atoms with Gasteiger partial charge in [0, 0.05) is 17.8 Å². The van der Waals surface area contributed by atoms with Gasteiger partial charge >= 0.3 is 8.56 Å². The summed E-state index contributed by atoms with van der Waals surface area (Å²) in [5, 5.41) is 1.16. The topological polar surface area (TPSA) is 18.5 Å². The molecule has 1 aromatic carbocycles. The van der Waals surface area contributed by atoms with Crippen molar-refractivity contribution < 1.29 is 8.85 Å². The highest BCUT2D eigenvalue weighted by molar-refractivity contribution is 14.1. The molecule has 0 atom stereocenters. The largest absolute Gasteiger partial charge is 0.394 e. The zero-order valence-corrected chi connectivity index (χ0v) is 11.2. The molecule has 0 heterocycles. The fourth-order valence-electron chi connectivity index (χ4n) is 1.07. The fraction of sp³-hybridized carbons (Fsp3) is 0.333. The summed E-state index contributed by atoms with van der Waals surface area (Å²) in [4.78, 5) is 0. The van der Waals surface area contributed by atoms with Crippen LogP contribution in [0.1, 0.15) is 0 Å². The normalized spacial score (nSPS) is 11.7. The summed E-state index contributed by atoms with van der Waals surface area (Å²) in [6, 6.07) is 8.28. The summed E-state index contributed by atoms with van der Waals surface area (Å²) in [6.45, 7) is 2.04. The molecule has 72 valence electrons. The first-order chi connectivity index (χ1) is 6.12. The molecule has 4 heteroatoms. The van der Waals surface area contributed by atoms with E-state index in [0.717, 1.165) is 5.19 Å². The van der Waals surface area contributed by atoms with Crippen LogP contribution in [0.25, 0.3) is 0 Å². The second-order valence-corrected chi connectivity index (χ2v) is 7.39. The summed E-state index contributed by atoms with van der Waals surface area (Å²) < 4.78 is 12.1. The van der Waals surface area contributed by atoms with Gasteiger partial charge in [-0.1, -0.05) is 12.1 Å². The van der Waals surface area contributed by atoms with E-state index in [4.69, 9.17) is 8.85 Å². The Kier molecular flexibility index (Phi) is 3.90. The lowest BCUT2D eigenvalue weighted by Crippen LogP contribution is -2.49. The Bertz CT molecular complexity index is 269. The molecule has 0 amide bonds. The van der Waals surface area contributed by atoms with Crippen LogP contribution >= 0.6 is 22.6 Å². The monoisotopic (exact) mass is 308 g/mol. The maximum Gasteiger partial charge on any atom is 0.368 e. The van der Waals surface area contributed by atoms with Crippen molar-refractivity contribution in [1.82, 2.24) is 0 Å². The molecule has 0 saturated heterocycles. The van der Waals surface area contributed by atoms with Gasteiger partial charge in [-0.25, -0.2) is 0 Å². The Morgan fingerprint density at radius 2 is 1.54 bits per heavy atom. The lowest BCUT2D eigenvalue weighted by molar-refractivity contribution is 0.265. The standard InChI is InChI=1S/C9H13IO2Si/c1-11-13(3,12-2)9-6-4-8(10)5-7-9/h4-7H,1-3H3. The number of rotatable bonds is 3. The summed E-state index contributed by atoms with van der Waals surface area (Å²) in [6.07, 6.45) is 0. The van der Waals surface area contributed by atoms with Crippen molar-refractivity contribution in [3.8, 4) is 0 Å². The smallest absolute Gasteiger partial charge is 0.368 e. The third kappa shape index (κ3) is 2.52. The van der Waals surface area contributed by atoms with Gasteiger partial charge in [0.05, 0.1) is 0 Å². The van der Waals surface area contributed by atoms with Gasteiger partial charge in [-0.2, -0.15) is 0 Å². The van der Waals surface area contributed by atoms with Gasteiger partial charge in [0.1, 0.15) is 0 Å². The lowest BCUT2D eigenvalue weighted by Gasteiger charge is -2.22. The number of hydrogen-bond acceptors (Lipinski definition) is 2. The molecule has 0 aliphatic rings. The molecule has 0 fully saturated rings. The van der Waals surface area contributed by atoms with Gasteiger partial charge in [-0.3, -0.25) is 0 Å². The maximum atomic E-state index is 5.43. The van der Waals surface area contributed by atoms with Gasteiger partial charge in [-0.05, 0) is 46.5 Å². The van der Waals surface area contributed by atoms with Crippen LogP contribution in [0.2, 0.25) is 6.55 Å². The zero-order valence-electron chi connectivity index (χ0n) is 8.00. The predicted molar refractivity (Wildman–Crippen MR) is 64.4 cm³/mol. The SMILES string of the molecule is CO[Si](C)(OC)c1ccc(I)cc1. The van der Waals surface area contributed by atoms with Crippen molar-refractivity contribution in [2.75, 3.05) is 14.2 Å². The Morgan fingerprint density at radius 1 is 1.08 bits per heavy atom. The van der Waals surface area contributed by atoms with Crippen molar-refractivity contribution >= 4 is 36.3 Å². The van der Waals surface area contributed by atoms with Crippen molar-refractivity contribution in [3.63, 3.8) is 0 Å². The Balaban J connectivity index is 2.99. The Labute approximate surface area is 93.6 Å². The number of hydrogen-bond donors (Lipinski definition) is 0. The second kappa shape index (κ2) is 4.54. The van der Waals surface area contributed by atoms with E-state index in [-0.39, 0.29) is 0 Å². The number of halogens is 1. The van der Waals surface area contributed by atoms with Gasteiger partial charge in [0.15, 0.2) is 0 Å². The minimum atomic E-state index is -2.10. The van der Waals surface area contributed by atoms with Crippen molar-refractivity contribution in [2.45, 2.75) is 6.55 Å². The molecule has 0 aliphatic heterocycles. The van der Waals surface area contributed by atoms with Crippen molar-refractivity contribution in [3.05, 3.63) is 27.8 Å². The summed E-state index contributed by atoms with van der Waals surface area (Å²) in [7, 11) is 1.30. The molecule has 0 radical (unpaired) electrons. The Morgan fingerprint density at radius 3 is 1.92 bits per heavy atom. The van der Waals surface area contributed by atoms with Crippen LogP contribution < -0.4 is 5.19 Å². The van der Waals surface area contributed by atoms with Crippen molar-refractivity contribution in [1.29, 1.82) is 0 Å². The average Bonchev–Trinajstić information content (AvgIpc) is 2.18. The summed E-state index contributed by atoms with van der Waals surface area (Å²) in [5.41, 5.74) is 0. The van der Waals surface area contributed by atoms with Crippen LogP contribution in [-0.2, 0) is 8.85 Å². The van der Waals surface area contributed by atoms with E-state index in [9.17, 15) is 0 Å². The molecule has 0 spiro atoms. The molecule has 0 N–H and O–H groups in total. The average molecular weight is 308 g/mol. The van der Waals surface area contributed by atoms with E-state index in [2.05, 4.69) is 46.9 Å². The molecule has 0 aliphatic carbocycles. The first kappa shape index (κ1) is 11.2. The van der Waals surface area contributed by atoms with E-state index < -0.39 is 8.56 Å². The zero-order chi connectivity index (χ0) is 9.90. The molecule has 0 bridgehead atoms. The van der Waals surface area contributed by atoms with Crippen LogP contribution in [0.15, 0.2) is 24.3 Å². The first-order valence-corrected chi connectivity index (χ1v) is 7.38. The van der Waals surface area contributed by atoms with Crippen LogP contribution in [0.4, 0.5) is 0 Å². The van der Waals surface area contributed by atoms with Crippen LogP contribution in [-0.4, -0.2) is 22.8 Å². The molecule has 1 rings (SSSR count). The van der Waals surface area contributed by atoms with E-state index in [1.807, 2.05) is 6.55 Å². The second-order valence-electron chi connectivity index (χ2n) is 2.86. The van der Waals surface area contributed by atoms with E-state index >= 15 is 0 Å². The minimum absolute atomic E-state index is 1.16. The molecular weight excluding hydrogens is 295 g/mol. The summed E-state index contributed by atoms with van der Waals surface area (Å²) in [5.74, 6) is 0. The molecule has 1 aromatic rings. The third-order valence-corrected chi connectivity index (χ3v) is 5.81. The van der Waals surface area contributed by atoms with Gasteiger partial charge < -0.3 is 8.85 Å². The molecule has 2 nitrogen and oxygen atoms in total. The highest BCUT2D eigenvalue weighted by Gasteiger charge is 2.31. The molecule has 0 aromatic heterocycles. The van der Waals surface area contributed by atoms with E-state index in [1.165, 1.54) is 3.57 Å². The van der Waals surface area contributed by atoms with Crippen LogP contribution in [0.3, 0.4) is 0 Å². The minimum Gasteiger partial charge on any atom is -0.394 e. The van der Waals surface area contributed by atoms with Crippen LogP contribution in [0.5, 0.6) is 0 Å². The third-order valence-electron chi connectivity index (χ3n) is 2.15. The highest BCUT2D eigenvalue weighted by Crippen LogP contribution is 2.07. The first-order valence-electron chi connectivity index (χ1n) is 3.99. The number of benzene rings is 1. The van der Waals surface area contributed by atoms with Gasteiger partial charge in [-0.15, -0.1) is 0 Å². The van der Waals surface area contributed by atoms with Gasteiger partial charge in [0.25, 0.3) is 0 Å². The predicted octanol–water partition coefficient (Wildman–Crippen LogP) is 1.86. The van der Waals surface area contributed by atoms with E-state index in [1.54, 1.807) is 14.2 Å². The van der Waals surface area contributed by atoms with Gasteiger partial charge in [0.2, 0.25) is 0 Å². The van der Waals surface area contributed by atoms with E-state index in [0.29, 0.717) is 0 Å². The summed E-state index contributed by atoms with van der Waals surface area (Å²) >= 11 is 2.28. The van der Waals surface area contributed by atoms with Crippen molar-refractivity contribution in [2.24, 2.45) is 0 Å². The molecule has 0 unspecified atom stereocenters. The fourth-order valence-corrected chi connectivity index (χ4v) is 2.84. The molecule has 13 heavy (non-hydrogen) atoms. The lowest BCUT2D eigenvalue weighted by atomic mass is 10.4. The molecule has 0 saturated carbocycles.